The van der Waals surface area contributed by atoms with Crippen LogP contribution in [0.3, 0.4) is 0 Å². The number of nitro groups is 1. The number of carbonyl (C=O) groups excluding carboxylic acids is 2. The molecular weight excluding hydrogens is 547 g/mol. The summed E-state index contributed by atoms with van der Waals surface area (Å²) < 4.78 is 11.1. The smallest absolute Gasteiger partial charge is 0.282 e. The van der Waals surface area contributed by atoms with Gasteiger partial charge < -0.3 is 14.8 Å². The largest absolute Gasteiger partial charge is 0.493 e. The average Bonchev–Trinajstić information content (AvgIpc) is 2.92. The van der Waals surface area contributed by atoms with Gasteiger partial charge in [-0.25, -0.2) is 5.43 Å². The van der Waals surface area contributed by atoms with Crippen molar-refractivity contribution in [1.29, 1.82) is 0 Å². The normalized spacial score (nSPS) is 11.7. The number of methoxy groups -OCH3 is 1. The van der Waals surface area contributed by atoms with E-state index in [1.54, 1.807) is 13.8 Å². The summed E-state index contributed by atoms with van der Waals surface area (Å²) in [5.41, 5.74) is 3.20. The molecule has 0 aliphatic heterocycles. The number of amides is 2. The summed E-state index contributed by atoms with van der Waals surface area (Å²) in [7, 11) is 1.41. The standard InChI is InChI=1S/C27H26Cl2N4O6/c1-16(2)25(31-26(34)18-9-10-20(28)21(29)11-18)27(35)32-30-14-19-12-23(38-3)24(13-22(19)33(36)37)39-15-17-7-5-4-6-8-17/h4-14,16,25H,15H2,1-3H3,(H,31,34)(H,32,35). The number of hydrogen-bond acceptors (Lipinski definition) is 7. The summed E-state index contributed by atoms with van der Waals surface area (Å²) in [5, 5.41) is 18.8. The maximum Gasteiger partial charge on any atom is 0.282 e. The molecule has 39 heavy (non-hydrogen) atoms. The molecule has 10 nitrogen and oxygen atoms in total. The van der Waals surface area contributed by atoms with E-state index >= 15 is 0 Å². The minimum absolute atomic E-state index is 0.0742. The number of hydrazone groups is 1. The molecule has 0 bridgehead atoms. The first-order valence-corrected chi connectivity index (χ1v) is 12.5. The molecule has 0 aromatic heterocycles. The lowest BCUT2D eigenvalue weighted by molar-refractivity contribution is -0.385. The molecule has 0 saturated carbocycles. The van der Waals surface area contributed by atoms with Crippen LogP contribution in [-0.2, 0) is 11.4 Å². The van der Waals surface area contributed by atoms with E-state index in [0.29, 0.717) is 5.02 Å². The lowest BCUT2D eigenvalue weighted by Gasteiger charge is -2.20. The fraction of sp³-hybridized carbons (Fsp3) is 0.222. The molecule has 2 N–H and O–H groups in total. The lowest BCUT2D eigenvalue weighted by atomic mass is 10.0. The second-order valence-electron chi connectivity index (χ2n) is 8.65. The lowest BCUT2D eigenvalue weighted by Crippen LogP contribution is -2.48. The number of rotatable bonds is 11. The van der Waals surface area contributed by atoms with Crippen molar-refractivity contribution in [2.24, 2.45) is 11.0 Å². The Morgan fingerprint density at radius 2 is 1.77 bits per heavy atom. The molecule has 3 aromatic rings. The van der Waals surface area contributed by atoms with E-state index in [2.05, 4.69) is 15.8 Å². The summed E-state index contributed by atoms with van der Waals surface area (Å²) in [6.45, 7) is 3.67. The highest BCUT2D eigenvalue weighted by Crippen LogP contribution is 2.34. The van der Waals surface area contributed by atoms with Crippen LogP contribution in [0.5, 0.6) is 11.5 Å². The molecule has 0 radical (unpaired) electrons. The Balaban J connectivity index is 1.74. The van der Waals surface area contributed by atoms with E-state index < -0.39 is 22.8 Å². The van der Waals surface area contributed by atoms with Crippen molar-refractivity contribution in [3.63, 3.8) is 0 Å². The predicted octanol–water partition coefficient (Wildman–Crippen LogP) is 5.39. The first kappa shape index (κ1) is 29.4. The fourth-order valence-corrected chi connectivity index (χ4v) is 3.76. The highest BCUT2D eigenvalue weighted by Gasteiger charge is 2.25. The number of ether oxygens (including phenoxy) is 2. The van der Waals surface area contributed by atoms with Crippen molar-refractivity contribution in [1.82, 2.24) is 10.7 Å². The first-order chi connectivity index (χ1) is 18.6. The number of benzene rings is 3. The first-order valence-electron chi connectivity index (χ1n) is 11.7. The number of hydrogen-bond donors (Lipinski definition) is 2. The molecule has 0 spiro atoms. The molecular formula is C27H26Cl2N4O6. The van der Waals surface area contributed by atoms with Crippen LogP contribution in [0.15, 0.2) is 65.8 Å². The molecule has 0 heterocycles. The van der Waals surface area contributed by atoms with Crippen molar-refractivity contribution >= 4 is 46.9 Å². The number of nitrogens with one attached hydrogen (secondary N) is 2. The van der Waals surface area contributed by atoms with Gasteiger partial charge in [-0.1, -0.05) is 67.4 Å². The van der Waals surface area contributed by atoms with Crippen LogP contribution < -0.4 is 20.2 Å². The number of nitro benzene ring substituents is 1. The van der Waals surface area contributed by atoms with Crippen LogP contribution in [0, 0.1) is 16.0 Å². The van der Waals surface area contributed by atoms with Crippen molar-refractivity contribution in [3.05, 3.63) is 97.5 Å². The van der Waals surface area contributed by atoms with Gasteiger partial charge in [0.15, 0.2) is 11.5 Å². The second kappa shape index (κ2) is 13.6. The Morgan fingerprint density at radius 3 is 2.38 bits per heavy atom. The van der Waals surface area contributed by atoms with Gasteiger partial charge in [-0.3, -0.25) is 19.7 Å². The van der Waals surface area contributed by atoms with Gasteiger partial charge in [0, 0.05) is 5.56 Å². The topological polar surface area (TPSA) is 132 Å². The van der Waals surface area contributed by atoms with E-state index in [1.807, 2.05) is 30.3 Å². The molecule has 2 amide bonds. The van der Waals surface area contributed by atoms with Gasteiger partial charge in [0.1, 0.15) is 12.6 Å². The third-order valence-electron chi connectivity index (χ3n) is 5.54. The van der Waals surface area contributed by atoms with Gasteiger partial charge in [0.2, 0.25) is 0 Å². The summed E-state index contributed by atoms with van der Waals surface area (Å²) in [6.07, 6.45) is 1.12. The molecule has 3 aromatic carbocycles. The monoisotopic (exact) mass is 572 g/mol. The zero-order valence-corrected chi connectivity index (χ0v) is 22.8. The third kappa shape index (κ3) is 7.92. The minimum Gasteiger partial charge on any atom is -0.493 e. The van der Waals surface area contributed by atoms with E-state index in [0.717, 1.165) is 11.8 Å². The number of halogens is 2. The second-order valence-corrected chi connectivity index (χ2v) is 9.47. The Bertz CT molecular complexity index is 1380. The highest BCUT2D eigenvalue weighted by atomic mass is 35.5. The molecule has 1 unspecified atom stereocenters. The Kier molecular flexibility index (Phi) is 10.2. The molecule has 0 saturated heterocycles. The van der Waals surface area contributed by atoms with Crippen LogP contribution in [0.4, 0.5) is 5.69 Å². The van der Waals surface area contributed by atoms with E-state index in [1.165, 1.54) is 37.4 Å². The molecule has 204 valence electrons. The molecule has 0 fully saturated rings. The molecule has 12 heteroatoms. The molecule has 0 aliphatic rings. The average molecular weight is 573 g/mol. The van der Waals surface area contributed by atoms with Gasteiger partial charge in [0.05, 0.1) is 39.9 Å². The summed E-state index contributed by atoms with van der Waals surface area (Å²) in [5.74, 6) is -1.02. The van der Waals surface area contributed by atoms with Gasteiger partial charge in [0.25, 0.3) is 17.5 Å². The third-order valence-corrected chi connectivity index (χ3v) is 6.28. The number of carbonyl (C=O) groups is 2. The van der Waals surface area contributed by atoms with E-state index in [9.17, 15) is 19.7 Å². The van der Waals surface area contributed by atoms with Gasteiger partial charge in [-0.2, -0.15) is 5.10 Å². The van der Waals surface area contributed by atoms with Crippen LogP contribution in [-0.4, -0.2) is 36.1 Å². The SMILES string of the molecule is COc1cc(C=NNC(=O)C(NC(=O)c2ccc(Cl)c(Cl)c2)C(C)C)c([N+](=O)[O-])cc1OCc1ccccc1. The maximum absolute atomic E-state index is 12.8. The zero-order chi connectivity index (χ0) is 28.5. The zero-order valence-electron chi connectivity index (χ0n) is 21.3. The Labute approximate surface area is 235 Å². The van der Waals surface area contributed by atoms with Crippen LogP contribution >= 0.6 is 23.2 Å². The quantitative estimate of drug-likeness (QED) is 0.180. The summed E-state index contributed by atoms with van der Waals surface area (Å²) in [4.78, 5) is 36.6. The van der Waals surface area contributed by atoms with Crippen molar-refractivity contribution in [3.8, 4) is 11.5 Å². The van der Waals surface area contributed by atoms with Crippen LogP contribution in [0.1, 0.15) is 35.3 Å². The van der Waals surface area contributed by atoms with Crippen molar-refractivity contribution in [2.45, 2.75) is 26.5 Å². The Hall–Kier alpha value is -4.15. The number of nitrogens with zero attached hydrogens (tertiary/aromatic N) is 2. The highest BCUT2D eigenvalue weighted by molar-refractivity contribution is 6.42. The predicted molar refractivity (Wildman–Crippen MR) is 149 cm³/mol. The Morgan fingerprint density at radius 1 is 1.05 bits per heavy atom. The van der Waals surface area contributed by atoms with E-state index in [4.69, 9.17) is 32.7 Å². The van der Waals surface area contributed by atoms with Crippen molar-refractivity contribution < 1.29 is 24.0 Å². The van der Waals surface area contributed by atoms with Gasteiger partial charge in [-0.05, 0) is 35.7 Å². The molecule has 3 rings (SSSR count). The summed E-state index contributed by atoms with van der Waals surface area (Å²) in [6, 6.07) is 15.3. The molecule has 0 aliphatic carbocycles. The molecule has 1 atom stereocenters. The van der Waals surface area contributed by atoms with Crippen molar-refractivity contribution in [2.75, 3.05) is 7.11 Å². The minimum atomic E-state index is -0.956. The van der Waals surface area contributed by atoms with Gasteiger partial charge >= 0.3 is 0 Å². The van der Waals surface area contributed by atoms with Crippen LogP contribution in [0.25, 0.3) is 0 Å². The summed E-state index contributed by atoms with van der Waals surface area (Å²) >= 11 is 11.9. The maximum atomic E-state index is 12.8. The van der Waals surface area contributed by atoms with E-state index in [-0.39, 0.29) is 45.9 Å². The van der Waals surface area contributed by atoms with Gasteiger partial charge in [-0.15, -0.1) is 0 Å². The fourth-order valence-electron chi connectivity index (χ4n) is 3.47. The van der Waals surface area contributed by atoms with Crippen LogP contribution in [0.2, 0.25) is 10.0 Å².